The van der Waals surface area contributed by atoms with E-state index in [9.17, 15) is 18.5 Å². The Balaban J connectivity index is 2.14. The third-order valence-electron chi connectivity index (χ3n) is 3.46. The minimum absolute atomic E-state index is 0.0276. The molecule has 1 atom stereocenters. The van der Waals surface area contributed by atoms with Crippen LogP contribution in [0.4, 0.5) is 5.69 Å². The Labute approximate surface area is 118 Å². The van der Waals surface area contributed by atoms with E-state index in [0.717, 1.165) is 19.4 Å². The lowest BCUT2D eigenvalue weighted by molar-refractivity contribution is -0.384. The Morgan fingerprint density at radius 1 is 1.35 bits per heavy atom. The van der Waals surface area contributed by atoms with E-state index in [-0.39, 0.29) is 22.4 Å². The fourth-order valence-corrected chi connectivity index (χ4v) is 3.84. The lowest BCUT2D eigenvalue weighted by Crippen LogP contribution is -2.37. The fraction of sp³-hybridized carbons (Fsp3) is 0.538. The molecule has 1 aliphatic rings. The van der Waals surface area contributed by atoms with Crippen molar-refractivity contribution in [3.05, 3.63) is 34.4 Å². The lowest BCUT2D eigenvalue weighted by Gasteiger charge is -2.17. The highest BCUT2D eigenvalue weighted by molar-refractivity contribution is 7.91. The lowest BCUT2D eigenvalue weighted by atomic mass is 10.2. The molecule has 1 unspecified atom stereocenters. The molecule has 1 aliphatic carbocycles. The molecule has 1 saturated carbocycles. The minimum atomic E-state index is -3.41. The van der Waals surface area contributed by atoms with Crippen LogP contribution < -0.4 is 5.32 Å². The monoisotopic (exact) mass is 298 g/mol. The molecule has 110 valence electrons. The van der Waals surface area contributed by atoms with E-state index in [0.29, 0.717) is 5.92 Å². The maximum atomic E-state index is 12.3. The summed E-state index contributed by atoms with van der Waals surface area (Å²) in [6.07, 6.45) is 2.13. The summed E-state index contributed by atoms with van der Waals surface area (Å²) in [6.45, 7) is 2.69. The SMILES string of the molecule is CCNC(CS(=O)(=O)c1ccc([N+](=O)[O-])cc1)C1CC1. The summed E-state index contributed by atoms with van der Waals surface area (Å²) in [5, 5.41) is 13.8. The van der Waals surface area contributed by atoms with Crippen molar-refractivity contribution < 1.29 is 13.3 Å². The molecule has 0 amide bonds. The standard InChI is InChI=1S/C13H18N2O4S/c1-2-14-13(10-3-4-10)9-20(18,19)12-7-5-11(6-8-12)15(16)17/h5-8,10,13-14H,2-4,9H2,1H3. The van der Waals surface area contributed by atoms with Gasteiger partial charge in [-0.3, -0.25) is 10.1 Å². The van der Waals surface area contributed by atoms with Gasteiger partial charge in [0.15, 0.2) is 9.84 Å². The van der Waals surface area contributed by atoms with Crippen molar-refractivity contribution in [3.63, 3.8) is 0 Å². The number of benzene rings is 1. The summed E-state index contributed by atoms with van der Waals surface area (Å²) in [4.78, 5) is 10.2. The van der Waals surface area contributed by atoms with Crippen LogP contribution in [0, 0.1) is 16.0 Å². The molecule has 7 heteroatoms. The molecule has 0 radical (unpaired) electrons. The molecule has 20 heavy (non-hydrogen) atoms. The first-order valence-electron chi connectivity index (χ1n) is 6.64. The first kappa shape index (κ1) is 14.9. The molecule has 2 rings (SSSR count). The first-order chi connectivity index (χ1) is 9.44. The van der Waals surface area contributed by atoms with Crippen molar-refractivity contribution in [1.82, 2.24) is 5.32 Å². The third-order valence-corrected chi connectivity index (χ3v) is 5.25. The van der Waals surface area contributed by atoms with E-state index in [4.69, 9.17) is 0 Å². The van der Waals surface area contributed by atoms with Crippen LogP contribution >= 0.6 is 0 Å². The Morgan fingerprint density at radius 3 is 2.40 bits per heavy atom. The van der Waals surface area contributed by atoms with Gasteiger partial charge in [0.1, 0.15) is 0 Å². The predicted molar refractivity (Wildman–Crippen MR) is 75.3 cm³/mol. The van der Waals surface area contributed by atoms with Crippen LogP contribution in [0.5, 0.6) is 0 Å². The minimum Gasteiger partial charge on any atom is -0.313 e. The number of nitrogens with zero attached hydrogens (tertiary/aromatic N) is 1. The second-order valence-corrected chi connectivity index (χ2v) is 7.07. The number of rotatable bonds is 7. The van der Waals surface area contributed by atoms with Crippen LogP contribution in [0.2, 0.25) is 0 Å². The van der Waals surface area contributed by atoms with Crippen molar-refractivity contribution in [2.75, 3.05) is 12.3 Å². The fourth-order valence-electron chi connectivity index (χ4n) is 2.23. The van der Waals surface area contributed by atoms with Crippen molar-refractivity contribution in [2.45, 2.75) is 30.7 Å². The van der Waals surface area contributed by atoms with Gasteiger partial charge in [0, 0.05) is 18.2 Å². The van der Waals surface area contributed by atoms with Crippen molar-refractivity contribution in [1.29, 1.82) is 0 Å². The largest absolute Gasteiger partial charge is 0.313 e. The van der Waals surface area contributed by atoms with E-state index in [1.54, 1.807) is 0 Å². The summed E-state index contributed by atoms with van der Waals surface area (Å²) < 4.78 is 24.6. The normalized spacial score (nSPS) is 16.9. The van der Waals surface area contributed by atoms with Gasteiger partial charge in [0.05, 0.1) is 15.6 Å². The maximum absolute atomic E-state index is 12.3. The van der Waals surface area contributed by atoms with Crippen LogP contribution in [0.1, 0.15) is 19.8 Å². The summed E-state index contributed by atoms with van der Waals surface area (Å²) in [6, 6.07) is 5.05. The second kappa shape index (κ2) is 5.88. The highest BCUT2D eigenvalue weighted by atomic mass is 32.2. The number of hydrogen-bond donors (Lipinski definition) is 1. The summed E-state index contributed by atoms with van der Waals surface area (Å²) in [5.74, 6) is 0.478. The van der Waals surface area contributed by atoms with Gasteiger partial charge < -0.3 is 5.32 Å². The van der Waals surface area contributed by atoms with Crippen LogP contribution in [0.25, 0.3) is 0 Å². The molecular formula is C13H18N2O4S. The number of nitro groups is 1. The van der Waals surface area contributed by atoms with Crippen molar-refractivity contribution >= 4 is 15.5 Å². The zero-order valence-electron chi connectivity index (χ0n) is 11.3. The van der Waals surface area contributed by atoms with Crippen LogP contribution in [0.15, 0.2) is 29.2 Å². The molecule has 1 N–H and O–H groups in total. The van der Waals surface area contributed by atoms with Crippen LogP contribution in [0.3, 0.4) is 0 Å². The maximum Gasteiger partial charge on any atom is 0.269 e. The number of nitro benzene ring substituents is 1. The predicted octanol–water partition coefficient (Wildman–Crippen LogP) is 1.76. The molecule has 0 bridgehead atoms. The Morgan fingerprint density at radius 2 is 1.95 bits per heavy atom. The van der Waals surface area contributed by atoms with Crippen LogP contribution in [-0.2, 0) is 9.84 Å². The summed E-state index contributed by atoms with van der Waals surface area (Å²) in [7, 11) is -3.41. The number of hydrogen-bond acceptors (Lipinski definition) is 5. The van der Waals surface area contributed by atoms with Crippen molar-refractivity contribution in [2.24, 2.45) is 5.92 Å². The van der Waals surface area contributed by atoms with Gasteiger partial charge >= 0.3 is 0 Å². The number of sulfone groups is 1. The molecule has 0 aromatic heterocycles. The second-order valence-electron chi connectivity index (χ2n) is 5.03. The zero-order valence-corrected chi connectivity index (χ0v) is 12.1. The Bertz CT molecular complexity index is 579. The van der Waals surface area contributed by atoms with Gasteiger partial charge in [-0.15, -0.1) is 0 Å². The highest BCUT2D eigenvalue weighted by Crippen LogP contribution is 2.34. The molecule has 0 aliphatic heterocycles. The molecule has 0 heterocycles. The third kappa shape index (κ3) is 3.55. The van der Waals surface area contributed by atoms with Crippen LogP contribution in [-0.4, -0.2) is 31.7 Å². The van der Waals surface area contributed by atoms with Gasteiger partial charge in [0.25, 0.3) is 5.69 Å². The van der Waals surface area contributed by atoms with Gasteiger partial charge in [-0.05, 0) is 37.4 Å². The average molecular weight is 298 g/mol. The van der Waals surface area contributed by atoms with E-state index in [1.807, 2.05) is 6.92 Å². The number of nitrogens with one attached hydrogen (secondary N) is 1. The highest BCUT2D eigenvalue weighted by Gasteiger charge is 2.34. The van der Waals surface area contributed by atoms with Crippen molar-refractivity contribution in [3.8, 4) is 0 Å². The van der Waals surface area contributed by atoms with Gasteiger partial charge in [0.2, 0.25) is 0 Å². The Kier molecular flexibility index (Phi) is 4.39. The van der Waals surface area contributed by atoms with Gasteiger partial charge in [-0.25, -0.2) is 8.42 Å². The summed E-state index contributed by atoms with van der Waals surface area (Å²) in [5.41, 5.74) is -0.102. The Hall–Kier alpha value is -1.47. The molecule has 6 nitrogen and oxygen atoms in total. The van der Waals surface area contributed by atoms with Gasteiger partial charge in [-0.1, -0.05) is 6.92 Å². The van der Waals surface area contributed by atoms with Gasteiger partial charge in [-0.2, -0.15) is 0 Å². The number of non-ortho nitro benzene ring substituents is 1. The molecule has 1 aromatic rings. The molecule has 0 spiro atoms. The molecular weight excluding hydrogens is 280 g/mol. The smallest absolute Gasteiger partial charge is 0.269 e. The molecule has 0 saturated heterocycles. The first-order valence-corrected chi connectivity index (χ1v) is 8.30. The molecule has 1 fully saturated rings. The van der Waals surface area contributed by atoms with E-state index >= 15 is 0 Å². The average Bonchev–Trinajstić information content (AvgIpc) is 3.22. The van der Waals surface area contributed by atoms with E-state index in [2.05, 4.69) is 5.32 Å². The summed E-state index contributed by atoms with van der Waals surface area (Å²) >= 11 is 0. The topological polar surface area (TPSA) is 89.3 Å². The molecule has 1 aromatic carbocycles. The quantitative estimate of drug-likeness (QED) is 0.612. The zero-order chi connectivity index (χ0) is 14.8. The van der Waals surface area contributed by atoms with E-state index < -0.39 is 14.8 Å². The van der Waals surface area contributed by atoms with E-state index in [1.165, 1.54) is 24.3 Å².